The van der Waals surface area contributed by atoms with Gasteiger partial charge in [0.25, 0.3) is 5.91 Å². The Hall–Kier alpha value is -2.85. The van der Waals surface area contributed by atoms with E-state index in [1.54, 1.807) is 6.07 Å². The van der Waals surface area contributed by atoms with Crippen LogP contribution in [0, 0.1) is 11.3 Å². The number of amides is 2. The van der Waals surface area contributed by atoms with E-state index in [0.29, 0.717) is 16.7 Å². The summed E-state index contributed by atoms with van der Waals surface area (Å²) in [6, 6.07) is 7.52. The van der Waals surface area contributed by atoms with Crippen molar-refractivity contribution < 1.29 is 19.5 Å². The summed E-state index contributed by atoms with van der Waals surface area (Å²) in [4.78, 5) is 33.7. The van der Waals surface area contributed by atoms with Crippen molar-refractivity contribution in [3.8, 4) is 6.07 Å². The van der Waals surface area contributed by atoms with Crippen molar-refractivity contribution in [2.75, 3.05) is 0 Å². The molecule has 0 aliphatic rings. The number of nitrogens with zero attached hydrogens (tertiary/aromatic N) is 1. The first kappa shape index (κ1) is 16.2. The highest BCUT2D eigenvalue weighted by Gasteiger charge is 2.13. The maximum atomic E-state index is 11.5. The number of aliphatic hydroxyl groups excluding tert-OH is 1. The molecule has 1 rings (SSSR count). The van der Waals surface area contributed by atoms with E-state index in [1.165, 1.54) is 24.3 Å². The molecule has 1 aromatic carbocycles. The summed E-state index contributed by atoms with van der Waals surface area (Å²) in [5, 5.41) is 18.4. The standard InChI is InChI=1S/C13H10ClN3O4/c14-9-3-1-8(2-4-9)10(18)7-11(19)13(21)17-16-12(20)5-6-15/h1-4,7,18H,5H2,(H,16,20)(H,17,21)/b10-7-. The molecule has 1 aromatic rings. The van der Waals surface area contributed by atoms with E-state index < -0.39 is 29.8 Å². The number of nitrogens with one attached hydrogen (secondary N) is 2. The number of hydrazine groups is 1. The Kier molecular flexibility index (Phi) is 5.92. The zero-order valence-corrected chi connectivity index (χ0v) is 11.3. The highest BCUT2D eigenvalue weighted by molar-refractivity contribution is 6.41. The van der Waals surface area contributed by atoms with Gasteiger partial charge in [-0.15, -0.1) is 0 Å². The second kappa shape index (κ2) is 7.67. The molecule has 0 heterocycles. The minimum absolute atomic E-state index is 0.300. The number of halogens is 1. The van der Waals surface area contributed by atoms with Crippen molar-refractivity contribution >= 4 is 35.0 Å². The van der Waals surface area contributed by atoms with Crippen molar-refractivity contribution in [3.63, 3.8) is 0 Å². The number of hydrogen-bond acceptors (Lipinski definition) is 5. The van der Waals surface area contributed by atoms with Crippen LogP contribution in [-0.2, 0) is 14.4 Å². The van der Waals surface area contributed by atoms with Crippen LogP contribution in [0.15, 0.2) is 30.3 Å². The third-order valence-electron chi connectivity index (χ3n) is 2.19. The molecule has 0 atom stereocenters. The second-order valence-corrected chi connectivity index (χ2v) is 4.17. The number of hydrogen-bond donors (Lipinski definition) is 3. The van der Waals surface area contributed by atoms with Crippen LogP contribution in [0.1, 0.15) is 12.0 Å². The van der Waals surface area contributed by atoms with Crippen molar-refractivity contribution in [2.24, 2.45) is 0 Å². The third-order valence-corrected chi connectivity index (χ3v) is 2.44. The van der Waals surface area contributed by atoms with Crippen LogP contribution in [0.5, 0.6) is 0 Å². The largest absolute Gasteiger partial charge is 0.507 e. The fourth-order valence-electron chi connectivity index (χ4n) is 1.20. The number of carbonyl (C=O) groups is 3. The van der Waals surface area contributed by atoms with Gasteiger partial charge in [-0.25, -0.2) is 0 Å². The van der Waals surface area contributed by atoms with Gasteiger partial charge < -0.3 is 5.11 Å². The zero-order valence-electron chi connectivity index (χ0n) is 10.6. The number of benzene rings is 1. The van der Waals surface area contributed by atoms with Gasteiger partial charge >= 0.3 is 5.91 Å². The van der Waals surface area contributed by atoms with Crippen LogP contribution >= 0.6 is 11.6 Å². The Bertz CT molecular complexity index is 632. The average Bonchev–Trinajstić information content (AvgIpc) is 2.45. The SMILES string of the molecule is N#CCC(=O)NNC(=O)C(=O)/C=C(\O)c1ccc(Cl)cc1. The zero-order chi connectivity index (χ0) is 15.8. The van der Waals surface area contributed by atoms with E-state index in [4.69, 9.17) is 16.9 Å². The van der Waals surface area contributed by atoms with Gasteiger partial charge in [-0.3, -0.25) is 25.2 Å². The van der Waals surface area contributed by atoms with E-state index in [9.17, 15) is 19.5 Å². The number of aliphatic hydroxyl groups is 1. The fraction of sp³-hybridized carbons (Fsp3) is 0.0769. The van der Waals surface area contributed by atoms with Crippen molar-refractivity contribution in [3.05, 3.63) is 40.9 Å². The molecule has 108 valence electrons. The Morgan fingerprint density at radius 1 is 1.24 bits per heavy atom. The minimum Gasteiger partial charge on any atom is -0.507 e. The number of carbonyl (C=O) groups excluding carboxylic acids is 3. The molecule has 7 nitrogen and oxygen atoms in total. The maximum absolute atomic E-state index is 11.5. The summed E-state index contributed by atoms with van der Waals surface area (Å²) < 4.78 is 0. The van der Waals surface area contributed by atoms with Gasteiger partial charge in [-0.1, -0.05) is 11.6 Å². The van der Waals surface area contributed by atoms with E-state index in [2.05, 4.69) is 0 Å². The monoisotopic (exact) mass is 307 g/mol. The lowest BCUT2D eigenvalue weighted by molar-refractivity contribution is -0.137. The fourth-order valence-corrected chi connectivity index (χ4v) is 1.32. The number of nitriles is 1. The van der Waals surface area contributed by atoms with Gasteiger partial charge in [-0.2, -0.15) is 5.26 Å². The molecule has 0 saturated carbocycles. The molecule has 0 radical (unpaired) electrons. The Morgan fingerprint density at radius 3 is 2.43 bits per heavy atom. The molecular formula is C13H10ClN3O4. The Balaban J connectivity index is 2.64. The van der Waals surface area contributed by atoms with E-state index >= 15 is 0 Å². The number of rotatable bonds is 4. The highest BCUT2D eigenvalue weighted by atomic mass is 35.5. The Labute approximate surface area is 124 Å². The van der Waals surface area contributed by atoms with Crippen LogP contribution in [-0.4, -0.2) is 22.7 Å². The van der Waals surface area contributed by atoms with Gasteiger partial charge in [0.05, 0.1) is 6.07 Å². The minimum atomic E-state index is -1.15. The molecule has 21 heavy (non-hydrogen) atoms. The molecule has 8 heteroatoms. The molecule has 3 N–H and O–H groups in total. The van der Waals surface area contributed by atoms with Crippen LogP contribution in [0.4, 0.5) is 0 Å². The molecule has 0 spiro atoms. The quantitative estimate of drug-likeness (QED) is 0.330. The molecule has 0 aliphatic carbocycles. The molecule has 0 bridgehead atoms. The summed E-state index contributed by atoms with van der Waals surface area (Å²) in [5.74, 6) is -3.40. The van der Waals surface area contributed by atoms with Gasteiger partial charge in [-0.05, 0) is 24.3 Å². The lowest BCUT2D eigenvalue weighted by Crippen LogP contribution is -2.44. The first-order valence-corrected chi connectivity index (χ1v) is 5.98. The Morgan fingerprint density at radius 2 is 1.86 bits per heavy atom. The molecule has 0 saturated heterocycles. The summed E-state index contributed by atoms with van der Waals surface area (Å²) >= 11 is 5.67. The second-order valence-electron chi connectivity index (χ2n) is 3.74. The topological polar surface area (TPSA) is 119 Å². The average molecular weight is 308 g/mol. The molecule has 2 amide bonds. The highest BCUT2D eigenvalue weighted by Crippen LogP contribution is 2.15. The van der Waals surface area contributed by atoms with Crippen molar-refractivity contribution in [2.45, 2.75) is 6.42 Å². The smallest absolute Gasteiger partial charge is 0.310 e. The van der Waals surface area contributed by atoms with Gasteiger partial charge in [0.1, 0.15) is 12.2 Å². The maximum Gasteiger partial charge on any atom is 0.310 e. The normalized spacial score (nSPS) is 10.4. The van der Waals surface area contributed by atoms with Crippen molar-refractivity contribution in [1.82, 2.24) is 10.9 Å². The van der Waals surface area contributed by atoms with Crippen LogP contribution < -0.4 is 10.9 Å². The summed E-state index contributed by atoms with van der Waals surface area (Å²) in [7, 11) is 0. The third kappa shape index (κ3) is 5.34. The first-order chi connectivity index (χ1) is 9.93. The van der Waals surface area contributed by atoms with E-state index in [1.807, 2.05) is 10.9 Å². The summed E-state index contributed by atoms with van der Waals surface area (Å²) in [6.45, 7) is 0. The molecule has 0 unspecified atom stereocenters. The van der Waals surface area contributed by atoms with E-state index in [-0.39, 0.29) is 0 Å². The predicted octanol–water partition coefficient (Wildman–Crippen LogP) is 0.869. The molecule has 0 aliphatic heterocycles. The van der Waals surface area contributed by atoms with Crippen LogP contribution in [0.25, 0.3) is 5.76 Å². The predicted molar refractivity (Wildman–Crippen MR) is 73.6 cm³/mol. The number of ketones is 1. The van der Waals surface area contributed by atoms with Gasteiger partial charge in [0, 0.05) is 16.7 Å². The van der Waals surface area contributed by atoms with Gasteiger partial charge in [0.2, 0.25) is 5.78 Å². The molecular weight excluding hydrogens is 298 g/mol. The molecule has 0 aromatic heterocycles. The van der Waals surface area contributed by atoms with Gasteiger partial charge in [0.15, 0.2) is 0 Å². The molecule has 0 fully saturated rings. The van der Waals surface area contributed by atoms with Crippen LogP contribution in [0.3, 0.4) is 0 Å². The lowest BCUT2D eigenvalue weighted by Gasteiger charge is -2.03. The van der Waals surface area contributed by atoms with Crippen molar-refractivity contribution in [1.29, 1.82) is 5.26 Å². The summed E-state index contributed by atoms with van der Waals surface area (Å²) in [5.41, 5.74) is 3.99. The lowest BCUT2D eigenvalue weighted by atomic mass is 10.1. The first-order valence-electron chi connectivity index (χ1n) is 5.60. The van der Waals surface area contributed by atoms with E-state index in [0.717, 1.165) is 0 Å². The summed E-state index contributed by atoms with van der Waals surface area (Å²) in [6.07, 6.45) is 0.245. The van der Waals surface area contributed by atoms with Crippen LogP contribution in [0.2, 0.25) is 5.02 Å².